The highest BCUT2D eigenvalue weighted by molar-refractivity contribution is 6.29. The zero-order valence-electron chi connectivity index (χ0n) is 19.2. The lowest BCUT2D eigenvalue weighted by atomic mass is 10.0. The number of hydrogen-bond acceptors (Lipinski definition) is 6. The number of fused-ring (bicyclic) bond motifs is 2. The highest BCUT2D eigenvalue weighted by Gasteiger charge is 2.20. The Balaban J connectivity index is 1.63. The Morgan fingerprint density at radius 2 is 1.97 bits per heavy atom. The summed E-state index contributed by atoms with van der Waals surface area (Å²) in [6.07, 6.45) is 1.90. The number of carboxylic acids is 1. The number of aromatic carboxylic acids is 1. The van der Waals surface area contributed by atoms with Crippen molar-refractivity contribution in [2.45, 2.75) is 19.9 Å². The van der Waals surface area contributed by atoms with Crippen molar-refractivity contribution in [2.24, 2.45) is 7.05 Å². The van der Waals surface area contributed by atoms with Gasteiger partial charge in [-0.15, -0.1) is 0 Å². The number of anilines is 1. The van der Waals surface area contributed by atoms with Crippen molar-refractivity contribution in [1.82, 2.24) is 14.8 Å². The number of nitrogens with one attached hydrogen (secondary N) is 1. The van der Waals surface area contributed by atoms with Gasteiger partial charge in [0.1, 0.15) is 16.5 Å². The molecule has 0 amide bonds. The van der Waals surface area contributed by atoms with Crippen LogP contribution in [0.5, 0.6) is 0 Å². The van der Waals surface area contributed by atoms with E-state index in [1.165, 1.54) is 12.1 Å². The normalized spacial score (nSPS) is 12.2. The Bertz CT molecular complexity index is 1690. The number of hydrogen-bond donors (Lipinski definition) is 2. The van der Waals surface area contributed by atoms with E-state index < -0.39 is 12.0 Å². The van der Waals surface area contributed by atoms with Crippen LogP contribution in [0, 0.1) is 6.92 Å². The molecule has 1 atom stereocenters. The molecule has 3 heterocycles. The van der Waals surface area contributed by atoms with Crippen LogP contribution < -0.4 is 10.7 Å². The highest BCUT2D eigenvalue weighted by Crippen LogP contribution is 2.32. The molecule has 0 saturated carbocycles. The van der Waals surface area contributed by atoms with E-state index >= 15 is 0 Å². The maximum absolute atomic E-state index is 13.1. The first-order valence-electron chi connectivity index (χ1n) is 10.9. The molecule has 8 nitrogen and oxygen atoms in total. The van der Waals surface area contributed by atoms with Gasteiger partial charge in [0.05, 0.1) is 22.6 Å². The summed E-state index contributed by atoms with van der Waals surface area (Å²) in [5.74, 6) is -0.763. The smallest absolute Gasteiger partial charge is 0.356 e. The van der Waals surface area contributed by atoms with Gasteiger partial charge in [0, 0.05) is 35.8 Å². The first kappa shape index (κ1) is 22.6. The summed E-state index contributed by atoms with van der Waals surface area (Å²) in [6.45, 7) is 3.76. The molecule has 0 radical (unpaired) electrons. The van der Waals surface area contributed by atoms with Crippen molar-refractivity contribution >= 4 is 45.1 Å². The molecule has 0 saturated heterocycles. The fourth-order valence-corrected chi connectivity index (χ4v) is 4.37. The molecule has 9 heteroatoms. The Morgan fingerprint density at radius 1 is 1.17 bits per heavy atom. The molecule has 5 rings (SSSR count). The fraction of sp³-hybridized carbons (Fsp3) is 0.154. The SMILES string of the molecule is Cc1cc([C@@H](C)Nc2ccc(Cl)nc2C(=O)O)c2oc(-c3ccc4nn(C)cc4c3)cc(=O)c2c1. The predicted molar refractivity (Wildman–Crippen MR) is 135 cm³/mol. The largest absolute Gasteiger partial charge is 0.476 e. The fourth-order valence-electron chi connectivity index (χ4n) is 4.23. The van der Waals surface area contributed by atoms with E-state index in [4.69, 9.17) is 16.0 Å². The zero-order valence-corrected chi connectivity index (χ0v) is 19.9. The second kappa shape index (κ2) is 8.56. The van der Waals surface area contributed by atoms with Gasteiger partial charge in [-0.05, 0) is 55.8 Å². The molecule has 0 bridgehead atoms. The van der Waals surface area contributed by atoms with Crippen LogP contribution >= 0.6 is 11.6 Å². The van der Waals surface area contributed by atoms with E-state index in [-0.39, 0.29) is 16.3 Å². The molecule has 3 aromatic heterocycles. The average molecular weight is 489 g/mol. The molecule has 176 valence electrons. The lowest BCUT2D eigenvalue weighted by Crippen LogP contribution is -2.13. The number of aromatic nitrogens is 3. The van der Waals surface area contributed by atoms with Crippen molar-refractivity contribution < 1.29 is 14.3 Å². The molecule has 0 aliphatic heterocycles. The monoisotopic (exact) mass is 488 g/mol. The van der Waals surface area contributed by atoms with Crippen LogP contribution in [0.15, 0.2) is 63.9 Å². The van der Waals surface area contributed by atoms with Crippen molar-refractivity contribution in [1.29, 1.82) is 0 Å². The van der Waals surface area contributed by atoms with Gasteiger partial charge in [0.25, 0.3) is 0 Å². The first-order valence-corrected chi connectivity index (χ1v) is 11.3. The van der Waals surface area contributed by atoms with Crippen LogP contribution in [0.4, 0.5) is 5.69 Å². The van der Waals surface area contributed by atoms with Crippen LogP contribution in [-0.4, -0.2) is 25.8 Å². The standard InChI is InChI=1S/C26H21ClN4O4/c1-13-8-17(14(2)28-20-6-7-23(27)29-24(20)26(33)34)25-18(9-13)21(32)11-22(35-25)15-4-5-19-16(10-15)12-31(3)30-19/h4-12,14,28H,1-3H3,(H,33,34)/t14-/m1/s1. The summed E-state index contributed by atoms with van der Waals surface area (Å²) in [5, 5.41) is 18.6. The number of carboxylic acid groups (broad SMARTS) is 1. The summed E-state index contributed by atoms with van der Waals surface area (Å²) in [7, 11) is 1.85. The molecular weight excluding hydrogens is 468 g/mol. The molecule has 0 unspecified atom stereocenters. The molecular formula is C26H21ClN4O4. The Morgan fingerprint density at radius 3 is 2.74 bits per heavy atom. The predicted octanol–water partition coefficient (Wildman–Crippen LogP) is 5.57. The molecule has 0 aliphatic carbocycles. The molecule has 0 aliphatic rings. The van der Waals surface area contributed by atoms with Crippen LogP contribution in [0.1, 0.15) is 34.6 Å². The lowest BCUT2D eigenvalue weighted by molar-refractivity contribution is 0.0691. The van der Waals surface area contributed by atoms with E-state index in [0.717, 1.165) is 22.0 Å². The van der Waals surface area contributed by atoms with Gasteiger partial charge in [-0.2, -0.15) is 5.10 Å². The van der Waals surface area contributed by atoms with Crippen molar-refractivity contribution in [3.05, 3.63) is 86.9 Å². The number of benzene rings is 2. The second-order valence-electron chi connectivity index (χ2n) is 8.48. The minimum absolute atomic E-state index is 0.0860. The quantitative estimate of drug-likeness (QED) is 0.311. The average Bonchev–Trinajstić information content (AvgIpc) is 3.19. The van der Waals surface area contributed by atoms with E-state index in [1.54, 1.807) is 16.8 Å². The number of nitrogens with zero attached hydrogens (tertiary/aromatic N) is 3. The van der Waals surface area contributed by atoms with Crippen molar-refractivity contribution in [3.8, 4) is 11.3 Å². The maximum atomic E-state index is 13.1. The Labute approximate surface area is 204 Å². The molecule has 2 aromatic carbocycles. The van der Waals surface area contributed by atoms with Crippen molar-refractivity contribution in [2.75, 3.05) is 5.32 Å². The Hall–Kier alpha value is -4.17. The molecule has 0 spiro atoms. The minimum atomic E-state index is -1.20. The summed E-state index contributed by atoms with van der Waals surface area (Å²) >= 11 is 5.89. The molecule has 0 fully saturated rings. The third-order valence-corrected chi connectivity index (χ3v) is 6.02. The van der Waals surface area contributed by atoms with Crippen molar-refractivity contribution in [3.63, 3.8) is 0 Å². The summed E-state index contributed by atoms with van der Waals surface area (Å²) in [6, 6.07) is 13.6. The van der Waals surface area contributed by atoms with Gasteiger partial charge in [0.15, 0.2) is 11.1 Å². The lowest BCUT2D eigenvalue weighted by Gasteiger charge is -2.19. The molecule has 5 aromatic rings. The number of carbonyl (C=O) groups is 1. The molecule has 2 N–H and O–H groups in total. The molecule has 35 heavy (non-hydrogen) atoms. The van der Waals surface area contributed by atoms with E-state index in [2.05, 4.69) is 15.4 Å². The van der Waals surface area contributed by atoms with Gasteiger partial charge < -0.3 is 14.8 Å². The van der Waals surface area contributed by atoms with Gasteiger partial charge in [-0.1, -0.05) is 17.7 Å². The number of aryl methyl sites for hydroxylation is 2. The zero-order chi connectivity index (χ0) is 24.9. The summed E-state index contributed by atoms with van der Waals surface area (Å²) < 4.78 is 8.04. The summed E-state index contributed by atoms with van der Waals surface area (Å²) in [5.41, 5.74) is 3.59. The third-order valence-electron chi connectivity index (χ3n) is 5.81. The van der Waals surface area contributed by atoms with Crippen LogP contribution in [0.3, 0.4) is 0 Å². The van der Waals surface area contributed by atoms with Gasteiger partial charge in [0.2, 0.25) is 0 Å². The highest BCUT2D eigenvalue weighted by atomic mass is 35.5. The van der Waals surface area contributed by atoms with Gasteiger partial charge in [-0.3, -0.25) is 9.48 Å². The van der Waals surface area contributed by atoms with Crippen LogP contribution in [0.2, 0.25) is 5.15 Å². The first-order chi connectivity index (χ1) is 16.7. The summed E-state index contributed by atoms with van der Waals surface area (Å²) in [4.78, 5) is 28.7. The topological polar surface area (TPSA) is 110 Å². The second-order valence-corrected chi connectivity index (χ2v) is 8.87. The van der Waals surface area contributed by atoms with E-state index in [9.17, 15) is 14.7 Å². The van der Waals surface area contributed by atoms with Crippen LogP contribution in [0.25, 0.3) is 33.2 Å². The Kier molecular flexibility index (Phi) is 5.53. The number of pyridine rings is 1. The third kappa shape index (κ3) is 4.24. The maximum Gasteiger partial charge on any atom is 0.356 e. The van der Waals surface area contributed by atoms with Crippen LogP contribution in [-0.2, 0) is 7.05 Å². The minimum Gasteiger partial charge on any atom is -0.476 e. The number of rotatable bonds is 5. The van der Waals surface area contributed by atoms with Gasteiger partial charge in [-0.25, -0.2) is 9.78 Å². The number of halogens is 1. The van der Waals surface area contributed by atoms with Gasteiger partial charge >= 0.3 is 5.97 Å². The van der Waals surface area contributed by atoms with E-state index in [1.807, 2.05) is 51.4 Å². The van der Waals surface area contributed by atoms with E-state index in [0.29, 0.717) is 28.0 Å².